The van der Waals surface area contributed by atoms with E-state index in [4.69, 9.17) is 4.74 Å². The third kappa shape index (κ3) is 4.08. The Balaban J connectivity index is 2.30. The summed E-state index contributed by atoms with van der Waals surface area (Å²) in [5.41, 5.74) is 3.85. The Kier molecular flexibility index (Phi) is 5.03. The predicted octanol–water partition coefficient (Wildman–Crippen LogP) is 4.78. The highest BCUT2D eigenvalue weighted by Crippen LogP contribution is 2.31. The van der Waals surface area contributed by atoms with Crippen LogP contribution in [0.15, 0.2) is 54.6 Å². The molecule has 112 valence electrons. The topological polar surface area (TPSA) is 21.3 Å². The summed E-state index contributed by atoms with van der Waals surface area (Å²) in [4.78, 5) is 0. The molecule has 1 unspecified atom stereocenters. The van der Waals surface area contributed by atoms with E-state index in [1.54, 1.807) is 7.11 Å². The summed E-state index contributed by atoms with van der Waals surface area (Å²) >= 11 is 0. The van der Waals surface area contributed by atoms with E-state index >= 15 is 0 Å². The van der Waals surface area contributed by atoms with Crippen LogP contribution in [-0.4, -0.2) is 13.7 Å². The van der Waals surface area contributed by atoms with E-state index in [9.17, 15) is 0 Å². The van der Waals surface area contributed by atoms with Crippen molar-refractivity contribution in [1.29, 1.82) is 0 Å². The van der Waals surface area contributed by atoms with Crippen molar-refractivity contribution in [1.82, 2.24) is 0 Å². The van der Waals surface area contributed by atoms with Gasteiger partial charge in [0.2, 0.25) is 0 Å². The first kappa shape index (κ1) is 15.6. The molecule has 2 aromatic rings. The Labute approximate surface area is 128 Å². The Morgan fingerprint density at radius 2 is 1.57 bits per heavy atom. The molecule has 0 spiro atoms. The number of methoxy groups -OCH3 is 1. The largest absolute Gasteiger partial charge is 0.382 e. The van der Waals surface area contributed by atoms with Crippen molar-refractivity contribution in [3.63, 3.8) is 0 Å². The number of benzene rings is 2. The van der Waals surface area contributed by atoms with Gasteiger partial charge in [0.25, 0.3) is 0 Å². The fourth-order valence-electron chi connectivity index (χ4n) is 2.52. The van der Waals surface area contributed by atoms with Crippen molar-refractivity contribution >= 4 is 5.69 Å². The number of anilines is 1. The third-order valence-corrected chi connectivity index (χ3v) is 3.60. The molecule has 2 heteroatoms. The lowest BCUT2D eigenvalue weighted by Crippen LogP contribution is -2.20. The first-order valence-corrected chi connectivity index (χ1v) is 7.42. The maximum atomic E-state index is 5.39. The summed E-state index contributed by atoms with van der Waals surface area (Å²) in [6, 6.07) is 19.1. The molecule has 0 bridgehead atoms. The SMILES string of the molecule is COCC(Nc1ccccc1C(C)(C)C)c1ccccc1. The van der Waals surface area contributed by atoms with Crippen LogP contribution in [0, 0.1) is 0 Å². The average molecular weight is 283 g/mol. The molecule has 0 fully saturated rings. The Hall–Kier alpha value is -1.80. The monoisotopic (exact) mass is 283 g/mol. The average Bonchev–Trinajstić information content (AvgIpc) is 2.47. The second-order valence-corrected chi connectivity index (χ2v) is 6.36. The van der Waals surface area contributed by atoms with Crippen LogP contribution in [0.25, 0.3) is 0 Å². The quantitative estimate of drug-likeness (QED) is 0.852. The van der Waals surface area contributed by atoms with Gasteiger partial charge in [-0.1, -0.05) is 69.3 Å². The van der Waals surface area contributed by atoms with Crippen LogP contribution in [0.4, 0.5) is 5.69 Å². The van der Waals surface area contributed by atoms with E-state index in [0.717, 1.165) is 0 Å². The molecule has 0 amide bonds. The molecule has 0 saturated carbocycles. The second-order valence-electron chi connectivity index (χ2n) is 6.36. The Bertz CT molecular complexity index is 557. The van der Waals surface area contributed by atoms with Gasteiger partial charge in [0, 0.05) is 12.8 Å². The highest BCUT2D eigenvalue weighted by Gasteiger charge is 2.19. The molecule has 0 heterocycles. The van der Waals surface area contributed by atoms with Crippen molar-refractivity contribution in [3.05, 3.63) is 65.7 Å². The number of hydrogen-bond donors (Lipinski definition) is 1. The van der Waals surface area contributed by atoms with Gasteiger partial charge in [-0.05, 0) is 22.6 Å². The smallest absolute Gasteiger partial charge is 0.0747 e. The van der Waals surface area contributed by atoms with Gasteiger partial charge in [0.05, 0.1) is 12.6 Å². The first-order valence-electron chi connectivity index (χ1n) is 7.42. The minimum absolute atomic E-state index is 0.109. The lowest BCUT2D eigenvalue weighted by atomic mass is 9.85. The van der Waals surface area contributed by atoms with E-state index in [1.165, 1.54) is 16.8 Å². The van der Waals surface area contributed by atoms with Gasteiger partial charge in [-0.25, -0.2) is 0 Å². The lowest BCUT2D eigenvalue weighted by molar-refractivity contribution is 0.186. The molecule has 0 aliphatic heterocycles. The summed E-state index contributed by atoms with van der Waals surface area (Å²) in [7, 11) is 1.74. The standard InChI is InChI=1S/C19H25NO/c1-19(2,3)16-12-8-9-13-17(16)20-18(14-21-4)15-10-6-5-7-11-15/h5-13,18,20H,14H2,1-4H3. The summed E-state index contributed by atoms with van der Waals surface area (Å²) in [6.07, 6.45) is 0. The van der Waals surface area contributed by atoms with E-state index in [-0.39, 0.29) is 11.5 Å². The molecule has 0 saturated heterocycles. The maximum Gasteiger partial charge on any atom is 0.0747 e. The second kappa shape index (κ2) is 6.77. The van der Waals surface area contributed by atoms with Gasteiger partial charge in [0.15, 0.2) is 0 Å². The summed E-state index contributed by atoms with van der Waals surface area (Å²) in [5, 5.41) is 3.65. The van der Waals surface area contributed by atoms with Crippen molar-refractivity contribution in [3.8, 4) is 0 Å². The van der Waals surface area contributed by atoms with Crippen LogP contribution in [0.1, 0.15) is 37.9 Å². The van der Waals surface area contributed by atoms with Gasteiger partial charge in [0.1, 0.15) is 0 Å². The Morgan fingerprint density at radius 1 is 0.952 bits per heavy atom. The summed E-state index contributed by atoms with van der Waals surface area (Å²) < 4.78 is 5.39. The zero-order valence-corrected chi connectivity index (χ0v) is 13.4. The molecule has 1 N–H and O–H groups in total. The summed E-state index contributed by atoms with van der Waals surface area (Å²) in [5.74, 6) is 0. The highest BCUT2D eigenvalue weighted by atomic mass is 16.5. The third-order valence-electron chi connectivity index (χ3n) is 3.60. The fraction of sp³-hybridized carbons (Fsp3) is 0.368. The van der Waals surface area contributed by atoms with Gasteiger partial charge in [-0.2, -0.15) is 0 Å². The van der Waals surface area contributed by atoms with Crippen LogP contribution >= 0.6 is 0 Å². The lowest BCUT2D eigenvalue weighted by Gasteiger charge is -2.27. The molecule has 2 nitrogen and oxygen atoms in total. The molecule has 1 atom stereocenters. The van der Waals surface area contributed by atoms with E-state index in [1.807, 2.05) is 6.07 Å². The van der Waals surface area contributed by atoms with Gasteiger partial charge in [-0.15, -0.1) is 0 Å². The van der Waals surface area contributed by atoms with Gasteiger partial charge in [-0.3, -0.25) is 0 Å². The minimum atomic E-state index is 0.109. The van der Waals surface area contributed by atoms with Gasteiger partial charge < -0.3 is 10.1 Å². The van der Waals surface area contributed by atoms with E-state index in [2.05, 4.69) is 74.6 Å². The van der Waals surface area contributed by atoms with Crippen LogP contribution in [0.2, 0.25) is 0 Å². The number of hydrogen-bond acceptors (Lipinski definition) is 2. The van der Waals surface area contributed by atoms with Crippen LogP contribution in [0.3, 0.4) is 0 Å². The normalized spacial score (nSPS) is 13.0. The molecule has 0 aromatic heterocycles. The molecule has 2 rings (SSSR count). The van der Waals surface area contributed by atoms with Crippen molar-refractivity contribution in [2.24, 2.45) is 0 Å². The van der Waals surface area contributed by atoms with E-state index in [0.29, 0.717) is 6.61 Å². The van der Waals surface area contributed by atoms with Crippen LogP contribution in [-0.2, 0) is 10.2 Å². The zero-order chi connectivity index (χ0) is 15.3. The Morgan fingerprint density at radius 3 is 2.19 bits per heavy atom. The number of ether oxygens (including phenoxy) is 1. The first-order chi connectivity index (χ1) is 10.0. The predicted molar refractivity (Wildman–Crippen MR) is 89.8 cm³/mol. The zero-order valence-electron chi connectivity index (χ0n) is 13.4. The van der Waals surface area contributed by atoms with E-state index < -0.39 is 0 Å². The number of para-hydroxylation sites is 1. The van der Waals surface area contributed by atoms with Crippen molar-refractivity contribution in [2.75, 3.05) is 19.0 Å². The molecular weight excluding hydrogens is 258 g/mol. The van der Waals surface area contributed by atoms with Crippen LogP contribution in [0.5, 0.6) is 0 Å². The van der Waals surface area contributed by atoms with Gasteiger partial charge >= 0.3 is 0 Å². The molecule has 21 heavy (non-hydrogen) atoms. The molecular formula is C19H25NO. The number of rotatable bonds is 5. The summed E-state index contributed by atoms with van der Waals surface area (Å²) in [6.45, 7) is 7.35. The molecule has 2 aromatic carbocycles. The van der Waals surface area contributed by atoms with Crippen molar-refractivity contribution in [2.45, 2.75) is 32.2 Å². The van der Waals surface area contributed by atoms with Crippen LogP contribution < -0.4 is 5.32 Å². The minimum Gasteiger partial charge on any atom is -0.382 e. The molecule has 0 radical (unpaired) electrons. The highest BCUT2D eigenvalue weighted by molar-refractivity contribution is 5.55. The van der Waals surface area contributed by atoms with Crippen molar-refractivity contribution < 1.29 is 4.74 Å². The molecule has 0 aliphatic rings. The fourth-order valence-corrected chi connectivity index (χ4v) is 2.52. The molecule has 0 aliphatic carbocycles. The maximum absolute atomic E-state index is 5.39. The number of nitrogens with one attached hydrogen (secondary N) is 1.